The molecule has 3 aromatic rings. The largest absolute Gasteiger partial charge is 0.495 e. The van der Waals surface area contributed by atoms with Gasteiger partial charge in [-0.25, -0.2) is 4.68 Å². The summed E-state index contributed by atoms with van der Waals surface area (Å²) in [6, 6.07) is 12.4. The molecule has 1 aliphatic heterocycles. The normalized spacial score (nSPS) is 14.8. The minimum absolute atomic E-state index is 0.277. The highest BCUT2D eigenvalue weighted by Crippen LogP contribution is 2.39. The van der Waals surface area contributed by atoms with Crippen molar-refractivity contribution in [3.05, 3.63) is 65.6 Å². The average Bonchev–Trinajstić information content (AvgIpc) is 3.30. The fourth-order valence-electron chi connectivity index (χ4n) is 3.82. The summed E-state index contributed by atoms with van der Waals surface area (Å²) < 4.78 is 18.4. The molecule has 0 radical (unpaired) electrons. The van der Waals surface area contributed by atoms with Crippen LogP contribution in [0.25, 0.3) is 0 Å². The van der Waals surface area contributed by atoms with Crippen molar-refractivity contribution in [3.8, 4) is 17.2 Å². The first-order chi connectivity index (χ1) is 16.1. The number of allylic oxidation sites excluding steroid dienone is 1. The second-order valence-electron chi connectivity index (χ2n) is 7.51. The molecule has 33 heavy (non-hydrogen) atoms. The maximum absolute atomic E-state index is 13.5. The van der Waals surface area contributed by atoms with Crippen LogP contribution in [0.5, 0.6) is 17.2 Å². The molecule has 9 nitrogen and oxygen atoms in total. The van der Waals surface area contributed by atoms with Crippen LogP contribution in [0, 0.1) is 0 Å². The molecule has 172 valence electrons. The van der Waals surface area contributed by atoms with Crippen LogP contribution in [-0.4, -0.2) is 41.5 Å². The van der Waals surface area contributed by atoms with Crippen LogP contribution in [0.1, 0.15) is 31.9 Å². The van der Waals surface area contributed by atoms with Crippen molar-refractivity contribution >= 4 is 17.5 Å². The number of rotatable bonds is 8. The van der Waals surface area contributed by atoms with E-state index in [-0.39, 0.29) is 5.91 Å². The highest BCUT2D eigenvalue weighted by molar-refractivity contribution is 6.06. The topological polar surface area (TPSA) is 99.5 Å². The summed E-state index contributed by atoms with van der Waals surface area (Å²) in [4.78, 5) is 17.8. The van der Waals surface area contributed by atoms with Gasteiger partial charge in [0.15, 0.2) is 11.5 Å². The molecular weight excluding hydrogens is 422 g/mol. The van der Waals surface area contributed by atoms with E-state index in [0.29, 0.717) is 46.8 Å². The smallest absolute Gasteiger partial charge is 0.255 e. The lowest BCUT2D eigenvalue weighted by Crippen LogP contribution is -2.31. The Balaban J connectivity index is 1.75. The van der Waals surface area contributed by atoms with E-state index in [9.17, 15) is 4.79 Å². The summed E-state index contributed by atoms with van der Waals surface area (Å²) in [5.74, 6) is 2.09. The van der Waals surface area contributed by atoms with Gasteiger partial charge < -0.3 is 24.8 Å². The van der Waals surface area contributed by atoms with E-state index in [1.54, 1.807) is 31.0 Å². The molecule has 1 aromatic heterocycles. The first-order valence-electron chi connectivity index (χ1n) is 10.7. The van der Waals surface area contributed by atoms with Crippen molar-refractivity contribution in [2.45, 2.75) is 26.3 Å². The third-order valence-corrected chi connectivity index (χ3v) is 5.36. The molecule has 0 saturated carbocycles. The zero-order chi connectivity index (χ0) is 23.4. The van der Waals surface area contributed by atoms with E-state index >= 15 is 0 Å². The van der Waals surface area contributed by atoms with Gasteiger partial charge in [-0.05, 0) is 43.2 Å². The van der Waals surface area contributed by atoms with E-state index < -0.39 is 6.04 Å². The van der Waals surface area contributed by atoms with Crippen LogP contribution in [0.15, 0.2) is 60.1 Å². The quantitative estimate of drug-likeness (QED) is 0.536. The van der Waals surface area contributed by atoms with Crippen LogP contribution >= 0.6 is 0 Å². The monoisotopic (exact) mass is 449 g/mol. The number of hydrogen-bond acceptors (Lipinski definition) is 7. The second kappa shape index (κ2) is 9.64. The van der Waals surface area contributed by atoms with Crippen molar-refractivity contribution in [1.82, 2.24) is 14.8 Å². The molecule has 0 fully saturated rings. The van der Waals surface area contributed by atoms with E-state index in [1.807, 2.05) is 44.2 Å². The van der Waals surface area contributed by atoms with Crippen molar-refractivity contribution in [2.75, 3.05) is 31.5 Å². The highest BCUT2D eigenvalue weighted by atomic mass is 16.5. The highest BCUT2D eigenvalue weighted by Gasteiger charge is 2.34. The molecule has 1 aliphatic rings. The Morgan fingerprint density at radius 1 is 1.12 bits per heavy atom. The maximum atomic E-state index is 13.5. The zero-order valence-corrected chi connectivity index (χ0v) is 19.1. The summed E-state index contributed by atoms with van der Waals surface area (Å²) >= 11 is 0. The molecule has 9 heteroatoms. The number of amides is 1. The van der Waals surface area contributed by atoms with Gasteiger partial charge in [0.05, 0.1) is 32.1 Å². The number of carbonyl (C=O) groups is 1. The Morgan fingerprint density at radius 3 is 2.67 bits per heavy atom. The number of fused-ring (bicyclic) bond motifs is 1. The van der Waals surface area contributed by atoms with Crippen LogP contribution in [-0.2, 0) is 4.79 Å². The third-order valence-electron chi connectivity index (χ3n) is 5.36. The maximum Gasteiger partial charge on any atom is 0.255 e. The molecule has 0 aliphatic carbocycles. The number of methoxy groups -OCH3 is 2. The molecule has 1 amide bonds. The summed E-state index contributed by atoms with van der Waals surface area (Å²) in [5, 5.41) is 10.5. The second-order valence-corrected chi connectivity index (χ2v) is 7.51. The van der Waals surface area contributed by atoms with E-state index in [4.69, 9.17) is 14.2 Å². The Kier molecular flexibility index (Phi) is 6.48. The van der Waals surface area contributed by atoms with Crippen LogP contribution in [0.4, 0.5) is 11.6 Å². The van der Waals surface area contributed by atoms with Crippen LogP contribution in [0.2, 0.25) is 0 Å². The molecule has 4 rings (SSSR count). The summed E-state index contributed by atoms with van der Waals surface area (Å²) in [5.41, 5.74) is 2.57. The molecular formula is C24H27N5O4. The van der Waals surface area contributed by atoms with E-state index in [0.717, 1.165) is 12.0 Å². The number of nitrogens with zero attached hydrogens (tertiary/aromatic N) is 3. The Hall–Kier alpha value is -4.01. The number of para-hydroxylation sites is 2. The number of nitrogens with one attached hydrogen (secondary N) is 2. The number of carbonyl (C=O) groups excluding carboxylic acids is 1. The van der Waals surface area contributed by atoms with Crippen molar-refractivity contribution in [2.24, 2.45) is 0 Å². The molecule has 0 bridgehead atoms. The van der Waals surface area contributed by atoms with Gasteiger partial charge in [-0.2, -0.15) is 10.1 Å². The molecule has 2 heterocycles. The van der Waals surface area contributed by atoms with Crippen molar-refractivity contribution in [3.63, 3.8) is 0 Å². The lowest BCUT2D eigenvalue weighted by atomic mass is 9.94. The first-order valence-corrected chi connectivity index (χ1v) is 10.7. The molecule has 0 unspecified atom stereocenters. The predicted molar refractivity (Wildman–Crippen MR) is 125 cm³/mol. The summed E-state index contributed by atoms with van der Waals surface area (Å²) in [7, 11) is 3.16. The minimum Gasteiger partial charge on any atom is -0.495 e. The van der Waals surface area contributed by atoms with Gasteiger partial charge >= 0.3 is 0 Å². The van der Waals surface area contributed by atoms with Crippen molar-refractivity contribution in [1.29, 1.82) is 0 Å². The van der Waals surface area contributed by atoms with Gasteiger partial charge in [0.25, 0.3) is 5.91 Å². The number of benzene rings is 2. The third kappa shape index (κ3) is 4.34. The molecule has 2 N–H and O–H groups in total. The number of ether oxygens (including phenoxy) is 3. The fraction of sp³-hybridized carbons (Fsp3) is 0.292. The molecule has 2 aromatic carbocycles. The lowest BCUT2D eigenvalue weighted by molar-refractivity contribution is -0.113. The SMILES string of the molecule is CCCOc1ccc([C@@H]2C(C(=O)Nc3ccccc3OC)=C(C)Nc3ncnn32)cc1OC. The Bertz CT molecular complexity index is 1190. The van der Waals surface area contributed by atoms with Crippen LogP contribution < -0.4 is 24.8 Å². The molecule has 0 spiro atoms. The van der Waals surface area contributed by atoms with Gasteiger partial charge in [0.1, 0.15) is 18.1 Å². The minimum atomic E-state index is -0.521. The summed E-state index contributed by atoms with van der Waals surface area (Å²) in [6.07, 6.45) is 2.34. The van der Waals surface area contributed by atoms with Crippen LogP contribution in [0.3, 0.4) is 0 Å². The van der Waals surface area contributed by atoms with Gasteiger partial charge in [0.2, 0.25) is 5.95 Å². The number of hydrogen-bond donors (Lipinski definition) is 2. The predicted octanol–water partition coefficient (Wildman–Crippen LogP) is 4.01. The van der Waals surface area contributed by atoms with E-state index in [2.05, 4.69) is 20.7 Å². The van der Waals surface area contributed by atoms with Gasteiger partial charge in [-0.1, -0.05) is 25.1 Å². The average molecular weight is 450 g/mol. The fourth-order valence-corrected chi connectivity index (χ4v) is 3.82. The van der Waals surface area contributed by atoms with E-state index in [1.165, 1.54) is 6.33 Å². The first kappa shape index (κ1) is 22.2. The lowest BCUT2D eigenvalue weighted by Gasteiger charge is -2.29. The Labute approximate surface area is 192 Å². The molecule has 1 atom stereocenters. The number of aromatic nitrogens is 3. The number of anilines is 2. The van der Waals surface area contributed by atoms with Gasteiger partial charge in [-0.3, -0.25) is 4.79 Å². The summed E-state index contributed by atoms with van der Waals surface area (Å²) in [6.45, 7) is 4.47. The Morgan fingerprint density at radius 2 is 1.91 bits per heavy atom. The zero-order valence-electron chi connectivity index (χ0n) is 19.1. The standard InChI is InChI=1S/C24H27N5O4/c1-5-12-33-19-11-10-16(13-20(19)32-4)22-21(15(2)27-24-25-14-26-29(22)24)23(30)28-17-8-6-7-9-18(17)31-3/h6-11,13-14,22H,5,12H2,1-4H3,(H,28,30)(H,25,26,27)/t22-/m1/s1. The van der Waals surface area contributed by atoms with Gasteiger partial charge in [0, 0.05) is 5.70 Å². The van der Waals surface area contributed by atoms with Gasteiger partial charge in [-0.15, -0.1) is 0 Å². The molecule has 0 saturated heterocycles. The van der Waals surface area contributed by atoms with Crippen molar-refractivity contribution < 1.29 is 19.0 Å².